The molecule has 39 heavy (non-hydrogen) atoms. The third-order valence-corrected chi connectivity index (χ3v) is 9.98. The third-order valence-electron chi connectivity index (χ3n) is 5.58. The van der Waals surface area contributed by atoms with E-state index in [-0.39, 0.29) is 22.5 Å². The van der Waals surface area contributed by atoms with Gasteiger partial charge < -0.3 is 4.42 Å². The number of aromatic nitrogens is 3. The number of nitrogens with two attached hydrogens (primary N) is 1. The molecular weight excluding hydrogens is 605 g/mol. The maximum Gasteiger partial charge on any atom is 0.274 e. The summed E-state index contributed by atoms with van der Waals surface area (Å²) in [7, 11) is -8.00. The molecule has 5 rings (SSSR count). The zero-order chi connectivity index (χ0) is 27.8. The smallest absolute Gasteiger partial charge is 0.274 e. The van der Waals surface area contributed by atoms with Gasteiger partial charge in [0.25, 0.3) is 10.2 Å². The number of fused-ring (bicyclic) bond motifs is 1. The number of hydrogen-bond acceptors (Lipinski definition) is 9. The first-order chi connectivity index (χ1) is 18.5. The van der Waals surface area contributed by atoms with Crippen LogP contribution in [0.5, 0.6) is 0 Å². The zero-order valence-electron chi connectivity index (χ0n) is 19.8. The molecule has 1 atom stereocenters. The van der Waals surface area contributed by atoms with Crippen molar-refractivity contribution >= 4 is 64.8 Å². The Morgan fingerprint density at radius 3 is 2.36 bits per heavy atom. The highest BCUT2D eigenvalue weighted by Gasteiger charge is 2.37. The number of thiazole rings is 1. The molecule has 2 heterocycles. The van der Waals surface area contributed by atoms with Crippen LogP contribution in [-0.4, -0.2) is 32.0 Å². The van der Waals surface area contributed by atoms with Crippen molar-refractivity contribution in [3.8, 4) is 11.1 Å². The van der Waals surface area contributed by atoms with Gasteiger partial charge in [-0.15, -0.1) is 21.5 Å². The molecule has 202 valence electrons. The van der Waals surface area contributed by atoms with Crippen LogP contribution in [0.1, 0.15) is 27.6 Å². The molecule has 15 heteroatoms. The molecule has 5 aromatic rings. The average molecular weight is 625 g/mol. The van der Waals surface area contributed by atoms with Crippen molar-refractivity contribution < 1.29 is 21.3 Å². The molecule has 0 saturated heterocycles. The minimum absolute atomic E-state index is 0.151. The van der Waals surface area contributed by atoms with E-state index in [4.69, 9.17) is 32.8 Å². The molecule has 0 radical (unpaired) electrons. The third kappa shape index (κ3) is 6.47. The van der Waals surface area contributed by atoms with E-state index >= 15 is 0 Å². The number of hydrogen-bond donors (Lipinski definition) is 2. The zero-order valence-corrected chi connectivity index (χ0v) is 23.7. The number of nitrogens with zero attached hydrogens (tertiary/aromatic N) is 3. The molecule has 1 unspecified atom stereocenters. The van der Waals surface area contributed by atoms with Gasteiger partial charge in [0.05, 0.1) is 32.6 Å². The van der Waals surface area contributed by atoms with Crippen LogP contribution in [0.15, 0.2) is 71.1 Å². The van der Waals surface area contributed by atoms with Crippen molar-refractivity contribution in [3.63, 3.8) is 0 Å². The second-order valence-corrected chi connectivity index (χ2v) is 13.8. The van der Waals surface area contributed by atoms with Gasteiger partial charge in [0, 0.05) is 0 Å². The fourth-order valence-corrected chi connectivity index (χ4v) is 7.59. The minimum atomic E-state index is -4.03. The van der Waals surface area contributed by atoms with Crippen LogP contribution in [0.3, 0.4) is 0 Å². The van der Waals surface area contributed by atoms with Gasteiger partial charge >= 0.3 is 0 Å². The summed E-state index contributed by atoms with van der Waals surface area (Å²) in [5.41, 5.74) is 2.82. The van der Waals surface area contributed by atoms with Crippen LogP contribution >= 0.6 is 34.5 Å². The molecule has 3 aromatic carbocycles. The molecule has 0 aliphatic rings. The topological polar surface area (TPSA) is 158 Å². The van der Waals surface area contributed by atoms with E-state index < -0.39 is 31.8 Å². The Kier molecular flexibility index (Phi) is 7.75. The molecule has 0 aliphatic heterocycles. The summed E-state index contributed by atoms with van der Waals surface area (Å²) in [6.07, 6.45) is 0. The van der Waals surface area contributed by atoms with Gasteiger partial charge in [0.15, 0.2) is 15.1 Å². The molecule has 0 bridgehead atoms. The number of rotatable bonds is 9. The van der Waals surface area contributed by atoms with E-state index in [1.165, 1.54) is 11.3 Å². The SMILES string of the molecule is NS(=O)(=O)NCc1nnc(C(c2nc3ccc(-c4ccc(Cl)c(Cl)c4)cc3s2)S(=O)(=O)Cc2ccccc2)o1. The van der Waals surface area contributed by atoms with E-state index in [1.807, 2.05) is 22.9 Å². The lowest BCUT2D eigenvalue weighted by Gasteiger charge is -2.12. The second kappa shape index (κ2) is 10.9. The Morgan fingerprint density at radius 1 is 0.923 bits per heavy atom. The molecule has 2 aromatic heterocycles. The fraction of sp³-hybridized carbons (Fsp3) is 0.125. The van der Waals surface area contributed by atoms with Gasteiger partial charge in [0.2, 0.25) is 11.8 Å². The van der Waals surface area contributed by atoms with Gasteiger partial charge in [-0.2, -0.15) is 13.1 Å². The van der Waals surface area contributed by atoms with E-state index in [9.17, 15) is 16.8 Å². The largest absolute Gasteiger partial charge is 0.422 e. The van der Waals surface area contributed by atoms with E-state index in [0.717, 1.165) is 15.8 Å². The molecule has 0 amide bonds. The Morgan fingerprint density at radius 2 is 1.64 bits per heavy atom. The molecule has 0 fully saturated rings. The van der Waals surface area contributed by atoms with Crippen LogP contribution in [0.25, 0.3) is 21.3 Å². The van der Waals surface area contributed by atoms with Gasteiger partial charge in [-0.05, 0) is 41.0 Å². The Balaban J connectivity index is 1.56. The van der Waals surface area contributed by atoms with Gasteiger partial charge in [0.1, 0.15) is 5.01 Å². The highest BCUT2D eigenvalue weighted by molar-refractivity contribution is 7.91. The Labute approximate surface area is 237 Å². The summed E-state index contributed by atoms with van der Waals surface area (Å²) in [4.78, 5) is 4.59. The number of nitrogens with one attached hydrogen (secondary N) is 1. The van der Waals surface area contributed by atoms with Crippen LogP contribution in [0, 0.1) is 0 Å². The van der Waals surface area contributed by atoms with E-state index in [1.54, 1.807) is 48.5 Å². The first kappa shape index (κ1) is 27.6. The summed E-state index contributed by atoms with van der Waals surface area (Å²) < 4.78 is 58.3. The number of halogens is 2. The molecule has 0 spiro atoms. The lowest BCUT2D eigenvalue weighted by molar-refractivity contribution is 0.443. The quantitative estimate of drug-likeness (QED) is 0.240. The monoisotopic (exact) mass is 623 g/mol. The van der Waals surface area contributed by atoms with Crippen LogP contribution < -0.4 is 9.86 Å². The molecule has 0 aliphatic carbocycles. The van der Waals surface area contributed by atoms with Gasteiger partial charge in [-0.1, -0.05) is 65.7 Å². The fourth-order valence-electron chi connectivity index (χ4n) is 3.82. The first-order valence-electron chi connectivity index (χ1n) is 11.2. The Bertz CT molecular complexity index is 1880. The average Bonchev–Trinajstić information content (AvgIpc) is 3.51. The predicted octanol–water partition coefficient (Wildman–Crippen LogP) is 4.65. The van der Waals surface area contributed by atoms with Crippen molar-refractivity contribution in [2.75, 3.05) is 0 Å². The van der Waals surface area contributed by atoms with Gasteiger partial charge in [-0.25, -0.2) is 18.5 Å². The molecule has 10 nitrogen and oxygen atoms in total. The Hall–Kier alpha value is -2.91. The van der Waals surface area contributed by atoms with Gasteiger partial charge in [-0.3, -0.25) is 0 Å². The lowest BCUT2D eigenvalue weighted by atomic mass is 10.1. The lowest BCUT2D eigenvalue weighted by Crippen LogP contribution is -2.30. The summed E-state index contributed by atoms with van der Waals surface area (Å²) >= 11 is 13.4. The second-order valence-electron chi connectivity index (χ2n) is 8.44. The summed E-state index contributed by atoms with van der Waals surface area (Å²) in [6, 6.07) is 19.5. The summed E-state index contributed by atoms with van der Waals surface area (Å²) in [5, 5.41) is 12.4. The maximum absolute atomic E-state index is 13.7. The molecular formula is C24H19Cl2N5O5S3. The van der Waals surface area contributed by atoms with E-state index in [0.29, 0.717) is 21.1 Å². The van der Waals surface area contributed by atoms with Crippen LogP contribution in [0.2, 0.25) is 10.0 Å². The number of sulfone groups is 1. The predicted molar refractivity (Wildman–Crippen MR) is 150 cm³/mol. The number of benzene rings is 3. The molecule has 3 N–H and O–H groups in total. The van der Waals surface area contributed by atoms with Crippen molar-refractivity contribution in [2.45, 2.75) is 17.5 Å². The van der Waals surface area contributed by atoms with Crippen LogP contribution in [0.4, 0.5) is 0 Å². The summed E-state index contributed by atoms with van der Waals surface area (Å²) in [6.45, 7) is -0.399. The standard InChI is InChI=1S/C24H19Cl2N5O5S3/c25-17-8-6-15(10-18(17)26)16-7-9-19-20(11-16)37-24(29-19)22(38(32,33)13-14-4-2-1-3-5-14)23-31-30-21(36-23)12-28-39(27,34)35/h1-11,22,28H,12-13H2,(H2,27,34,35). The highest BCUT2D eigenvalue weighted by Crippen LogP contribution is 2.38. The van der Waals surface area contributed by atoms with Crippen LogP contribution in [-0.2, 0) is 32.3 Å². The van der Waals surface area contributed by atoms with Crippen molar-refractivity contribution in [1.29, 1.82) is 0 Å². The first-order valence-corrected chi connectivity index (χ1v) is 16.0. The molecule has 0 saturated carbocycles. The normalized spacial score (nSPS) is 13.1. The van der Waals surface area contributed by atoms with E-state index in [2.05, 4.69) is 15.2 Å². The summed E-state index contributed by atoms with van der Waals surface area (Å²) in [5.74, 6) is -0.696. The maximum atomic E-state index is 13.7. The van der Waals surface area contributed by atoms with Crippen molar-refractivity contribution in [2.24, 2.45) is 5.14 Å². The van der Waals surface area contributed by atoms with Crippen molar-refractivity contribution in [3.05, 3.63) is 99.1 Å². The highest BCUT2D eigenvalue weighted by atomic mass is 35.5. The van der Waals surface area contributed by atoms with Crippen molar-refractivity contribution in [1.82, 2.24) is 19.9 Å². The minimum Gasteiger partial charge on any atom is -0.422 e.